The maximum atomic E-state index is 13.8. The summed E-state index contributed by atoms with van der Waals surface area (Å²) in [5.74, 6) is 0.203. The molecule has 2 aliphatic rings. The normalized spacial score (nSPS) is 18.4. The van der Waals surface area contributed by atoms with E-state index in [-0.39, 0.29) is 6.02 Å². The average molecular weight is 457 g/mol. The van der Waals surface area contributed by atoms with Crippen molar-refractivity contribution in [3.8, 4) is 33.9 Å². The van der Waals surface area contributed by atoms with E-state index in [4.69, 9.17) is 20.2 Å². The minimum absolute atomic E-state index is 0.0497. The van der Waals surface area contributed by atoms with E-state index in [0.717, 1.165) is 29.1 Å². The number of amidine groups is 1. The number of benzene rings is 1. The number of ether oxygens (including phenoxy) is 2. The molecule has 1 spiro atoms. The highest BCUT2D eigenvalue weighted by Gasteiger charge is 2.45. The Morgan fingerprint density at radius 1 is 0.794 bits per heavy atom. The molecule has 3 aromatic heterocycles. The number of fused-ring (bicyclic) bond motifs is 4. The fraction of sp³-hybridized carbons (Fsp3) is 0.120. The van der Waals surface area contributed by atoms with E-state index >= 15 is 0 Å². The molecular weight excluding hydrogens is 440 g/mol. The van der Waals surface area contributed by atoms with Crippen molar-refractivity contribution in [1.82, 2.24) is 15.0 Å². The van der Waals surface area contributed by atoms with E-state index in [1.54, 1.807) is 18.6 Å². The van der Waals surface area contributed by atoms with Crippen LogP contribution in [-0.2, 0) is 10.3 Å². The molecule has 5 heterocycles. The van der Waals surface area contributed by atoms with Crippen LogP contribution in [0.2, 0.25) is 0 Å². The second-order valence-electron chi connectivity index (χ2n) is 8.07. The lowest BCUT2D eigenvalue weighted by Gasteiger charge is -2.39. The molecule has 1 aromatic carbocycles. The molecule has 0 fully saturated rings. The molecule has 0 saturated heterocycles. The highest BCUT2D eigenvalue weighted by atomic mass is 19.1. The van der Waals surface area contributed by atoms with Crippen LogP contribution in [-0.4, -0.2) is 27.6 Å². The van der Waals surface area contributed by atoms with Crippen LogP contribution in [0.4, 0.5) is 8.78 Å². The van der Waals surface area contributed by atoms with Crippen LogP contribution in [0.3, 0.4) is 0 Å². The van der Waals surface area contributed by atoms with Crippen LogP contribution in [0.5, 0.6) is 11.5 Å². The Morgan fingerprint density at radius 2 is 1.53 bits per heavy atom. The van der Waals surface area contributed by atoms with Crippen LogP contribution < -0.4 is 10.5 Å². The minimum Gasteiger partial charge on any atom is -0.465 e. The quantitative estimate of drug-likeness (QED) is 0.474. The van der Waals surface area contributed by atoms with Crippen molar-refractivity contribution in [2.75, 3.05) is 6.61 Å². The van der Waals surface area contributed by atoms with Crippen LogP contribution in [0.15, 0.2) is 72.4 Å². The first kappa shape index (κ1) is 20.2. The van der Waals surface area contributed by atoms with Gasteiger partial charge in [-0.3, -0.25) is 15.0 Å². The fourth-order valence-corrected chi connectivity index (χ4v) is 4.48. The Labute approximate surface area is 193 Å². The summed E-state index contributed by atoms with van der Waals surface area (Å²) in [4.78, 5) is 17.1. The molecule has 0 bridgehead atoms. The summed E-state index contributed by atoms with van der Waals surface area (Å²) in [6.45, 7) is 0.332. The van der Waals surface area contributed by atoms with Crippen LogP contribution in [0.1, 0.15) is 17.5 Å². The van der Waals surface area contributed by atoms with Gasteiger partial charge in [-0.05, 0) is 35.9 Å². The molecule has 4 aromatic rings. The average Bonchev–Trinajstić information content (AvgIpc) is 2.84. The molecule has 0 amide bonds. The van der Waals surface area contributed by atoms with Crippen molar-refractivity contribution in [3.63, 3.8) is 0 Å². The van der Waals surface area contributed by atoms with E-state index < -0.39 is 17.2 Å². The summed E-state index contributed by atoms with van der Waals surface area (Å²) >= 11 is 0. The molecule has 0 radical (unpaired) electrons. The number of nitrogens with two attached hydrogens (primary N) is 1. The number of aromatic nitrogens is 3. The second-order valence-corrected chi connectivity index (χ2v) is 8.07. The Morgan fingerprint density at radius 3 is 2.29 bits per heavy atom. The second kappa shape index (κ2) is 7.58. The van der Waals surface area contributed by atoms with Gasteiger partial charge in [-0.2, -0.15) is 0 Å². The monoisotopic (exact) mass is 457 g/mol. The topological polar surface area (TPSA) is 95.5 Å². The molecule has 0 aliphatic carbocycles. The van der Waals surface area contributed by atoms with Gasteiger partial charge in [0, 0.05) is 41.1 Å². The van der Waals surface area contributed by atoms with Gasteiger partial charge < -0.3 is 15.2 Å². The maximum absolute atomic E-state index is 13.8. The molecule has 2 aliphatic heterocycles. The first-order chi connectivity index (χ1) is 16.5. The van der Waals surface area contributed by atoms with Gasteiger partial charge in [0.1, 0.15) is 22.9 Å². The summed E-state index contributed by atoms with van der Waals surface area (Å²) in [6.07, 6.45) is 7.49. The largest absolute Gasteiger partial charge is 0.465 e. The smallest absolute Gasteiger partial charge is 0.283 e. The predicted octanol–water partition coefficient (Wildman–Crippen LogP) is 4.57. The van der Waals surface area contributed by atoms with Gasteiger partial charge in [-0.1, -0.05) is 6.07 Å². The van der Waals surface area contributed by atoms with Crippen molar-refractivity contribution in [3.05, 3.63) is 90.1 Å². The molecule has 0 unspecified atom stereocenters. The summed E-state index contributed by atoms with van der Waals surface area (Å²) in [5, 5.41) is 0. The number of hydrogen-bond acceptors (Lipinski definition) is 7. The van der Waals surface area contributed by atoms with E-state index in [9.17, 15) is 8.78 Å². The predicted molar refractivity (Wildman–Crippen MR) is 120 cm³/mol. The van der Waals surface area contributed by atoms with Gasteiger partial charge in [0.25, 0.3) is 6.02 Å². The molecule has 2 N–H and O–H groups in total. The van der Waals surface area contributed by atoms with E-state index in [1.807, 2.05) is 24.3 Å². The van der Waals surface area contributed by atoms with Gasteiger partial charge in [0.15, 0.2) is 5.75 Å². The molecule has 7 nitrogen and oxygen atoms in total. The summed E-state index contributed by atoms with van der Waals surface area (Å²) in [5.41, 5.74) is 8.99. The van der Waals surface area contributed by atoms with Gasteiger partial charge in [0.05, 0.1) is 30.9 Å². The number of nitrogens with zero attached hydrogens (tertiary/aromatic N) is 4. The van der Waals surface area contributed by atoms with Crippen molar-refractivity contribution in [1.29, 1.82) is 0 Å². The lowest BCUT2D eigenvalue weighted by Crippen LogP contribution is -2.38. The van der Waals surface area contributed by atoms with Crippen molar-refractivity contribution in [2.45, 2.75) is 12.0 Å². The zero-order chi connectivity index (χ0) is 23.3. The molecule has 34 heavy (non-hydrogen) atoms. The zero-order valence-electron chi connectivity index (χ0n) is 17.7. The SMILES string of the molecule is NC1=N[C@@]2(CCO1)c1cc(-c3cncc(F)c3)ccc1Oc1cnc(-c3cncc(F)c3)cc12. The fourth-order valence-electron chi connectivity index (χ4n) is 4.48. The molecule has 6 rings (SSSR count). The van der Waals surface area contributed by atoms with Gasteiger partial charge in [-0.15, -0.1) is 0 Å². The zero-order valence-corrected chi connectivity index (χ0v) is 17.7. The summed E-state index contributed by atoms with van der Waals surface area (Å²) < 4.78 is 39.3. The van der Waals surface area contributed by atoms with Crippen LogP contribution in [0.25, 0.3) is 22.4 Å². The lowest BCUT2D eigenvalue weighted by atomic mass is 9.77. The Balaban J connectivity index is 1.57. The molecular formula is C25H17F2N5O2. The third kappa shape index (κ3) is 3.24. The lowest BCUT2D eigenvalue weighted by molar-refractivity contribution is 0.219. The van der Waals surface area contributed by atoms with E-state index in [2.05, 4.69) is 15.0 Å². The standard InChI is InChI=1S/C25H17F2N5O2/c26-17-5-15(9-29-11-17)14-1-2-22-19(7-14)25(3-4-33-24(28)32-25)20-8-21(31-13-23(20)34-22)16-6-18(27)12-30-10-16/h1-2,5-13H,3-4H2,(H2,28,32)/t25-/m0/s1. The highest BCUT2D eigenvalue weighted by molar-refractivity contribution is 5.76. The summed E-state index contributed by atoms with van der Waals surface area (Å²) in [6, 6.07) is 10.2. The summed E-state index contributed by atoms with van der Waals surface area (Å²) in [7, 11) is 0. The number of hydrogen-bond donors (Lipinski definition) is 1. The number of pyridine rings is 3. The van der Waals surface area contributed by atoms with Gasteiger partial charge in [0.2, 0.25) is 0 Å². The third-order valence-corrected chi connectivity index (χ3v) is 6.01. The Hall–Kier alpha value is -4.40. The number of aliphatic imine (C=N–C) groups is 1. The molecule has 0 saturated carbocycles. The van der Waals surface area contributed by atoms with Crippen molar-refractivity contribution in [2.24, 2.45) is 10.7 Å². The van der Waals surface area contributed by atoms with Gasteiger partial charge >= 0.3 is 0 Å². The molecule has 9 heteroatoms. The van der Waals surface area contributed by atoms with Crippen LogP contribution >= 0.6 is 0 Å². The number of rotatable bonds is 2. The van der Waals surface area contributed by atoms with Crippen LogP contribution in [0, 0.1) is 11.6 Å². The molecule has 168 valence electrons. The van der Waals surface area contributed by atoms with E-state index in [1.165, 1.54) is 12.1 Å². The van der Waals surface area contributed by atoms with Gasteiger partial charge in [-0.25, -0.2) is 13.8 Å². The Bertz CT molecular complexity index is 1380. The third-order valence-electron chi connectivity index (χ3n) is 6.01. The maximum Gasteiger partial charge on any atom is 0.283 e. The molecule has 1 atom stereocenters. The first-order valence-electron chi connectivity index (χ1n) is 10.5. The van der Waals surface area contributed by atoms with Crippen molar-refractivity contribution >= 4 is 6.02 Å². The van der Waals surface area contributed by atoms with E-state index in [0.29, 0.717) is 41.3 Å². The first-order valence-corrected chi connectivity index (χ1v) is 10.5. The van der Waals surface area contributed by atoms with Crippen molar-refractivity contribution < 1.29 is 18.3 Å². The Kier molecular flexibility index (Phi) is 4.51. The number of halogens is 2. The highest BCUT2D eigenvalue weighted by Crippen LogP contribution is 2.53. The minimum atomic E-state index is -0.930.